The number of carboxylic acid groups (broad SMARTS) is 1. The summed E-state index contributed by atoms with van der Waals surface area (Å²) in [6.07, 6.45) is 0.225. The Morgan fingerprint density at radius 2 is 1.53 bits per heavy atom. The number of fused-ring (bicyclic) bond motifs is 3. The molecule has 0 fully saturated rings. The average Bonchev–Trinajstić information content (AvgIpc) is 3.09. The molecule has 0 radical (unpaired) electrons. The highest BCUT2D eigenvalue weighted by Gasteiger charge is 2.31. The highest BCUT2D eigenvalue weighted by molar-refractivity contribution is 5.89. The number of hydrogen-bond acceptors (Lipinski definition) is 4. The zero-order chi connectivity index (χ0) is 23.3. The van der Waals surface area contributed by atoms with Crippen LogP contribution in [0.25, 0.3) is 11.1 Å². The fraction of sp³-hybridized carbons (Fsp3) is 0.400. The van der Waals surface area contributed by atoms with Crippen LogP contribution in [-0.4, -0.2) is 41.8 Å². The van der Waals surface area contributed by atoms with Crippen LogP contribution < -0.4 is 10.6 Å². The summed E-state index contributed by atoms with van der Waals surface area (Å²) in [5.74, 6) is -1.95. The number of nitrogens with one attached hydrogen (secondary N) is 2. The number of hydrogen-bond donors (Lipinski definition) is 3. The number of benzene rings is 2. The van der Waals surface area contributed by atoms with Gasteiger partial charge in [-0.1, -0.05) is 75.7 Å². The molecular formula is C25H30N2O5. The molecule has 1 aliphatic carbocycles. The second-order valence-electron chi connectivity index (χ2n) is 8.38. The molecule has 0 spiro atoms. The van der Waals surface area contributed by atoms with E-state index in [0.717, 1.165) is 22.3 Å². The third-order valence-electron chi connectivity index (χ3n) is 5.76. The maximum atomic E-state index is 12.7. The van der Waals surface area contributed by atoms with Gasteiger partial charge in [0.25, 0.3) is 0 Å². The Bertz CT molecular complexity index is 942. The lowest BCUT2D eigenvalue weighted by atomic mass is 9.98. The molecule has 0 saturated carbocycles. The summed E-state index contributed by atoms with van der Waals surface area (Å²) in [5, 5.41) is 14.4. The van der Waals surface area contributed by atoms with Crippen molar-refractivity contribution in [1.82, 2.24) is 10.6 Å². The lowest BCUT2D eigenvalue weighted by Crippen LogP contribution is -2.53. The number of ether oxygens (including phenoxy) is 1. The summed E-state index contributed by atoms with van der Waals surface area (Å²) in [6.45, 7) is 5.55. The highest BCUT2D eigenvalue weighted by atomic mass is 16.5. The zero-order valence-corrected chi connectivity index (χ0v) is 18.6. The molecule has 170 valence electrons. The molecule has 32 heavy (non-hydrogen) atoms. The van der Waals surface area contributed by atoms with Gasteiger partial charge in [0.05, 0.1) is 0 Å². The molecule has 2 atom stereocenters. The summed E-state index contributed by atoms with van der Waals surface area (Å²) in [5.41, 5.74) is 4.46. The van der Waals surface area contributed by atoms with Crippen molar-refractivity contribution in [2.75, 3.05) is 6.61 Å². The maximum Gasteiger partial charge on any atom is 0.407 e. The second-order valence-corrected chi connectivity index (χ2v) is 8.38. The Morgan fingerprint density at radius 1 is 0.969 bits per heavy atom. The Morgan fingerprint density at radius 3 is 2.03 bits per heavy atom. The molecule has 2 amide bonds. The van der Waals surface area contributed by atoms with Gasteiger partial charge in [0, 0.05) is 5.92 Å². The van der Waals surface area contributed by atoms with Gasteiger partial charge in [0.2, 0.25) is 5.91 Å². The van der Waals surface area contributed by atoms with Gasteiger partial charge in [-0.25, -0.2) is 9.59 Å². The fourth-order valence-electron chi connectivity index (χ4n) is 4.11. The van der Waals surface area contributed by atoms with Crippen LogP contribution in [0.4, 0.5) is 4.79 Å². The average molecular weight is 439 g/mol. The molecule has 1 aliphatic rings. The normalized spacial score (nSPS) is 14.2. The van der Waals surface area contributed by atoms with Crippen molar-refractivity contribution in [1.29, 1.82) is 0 Å². The molecule has 2 aromatic carbocycles. The maximum absolute atomic E-state index is 12.7. The third kappa shape index (κ3) is 5.10. The molecule has 0 aliphatic heterocycles. The lowest BCUT2D eigenvalue weighted by molar-refractivity contribution is -0.142. The van der Waals surface area contributed by atoms with Crippen molar-refractivity contribution in [2.45, 2.75) is 51.6 Å². The van der Waals surface area contributed by atoms with Crippen LogP contribution in [0.15, 0.2) is 48.5 Å². The van der Waals surface area contributed by atoms with E-state index in [1.807, 2.05) is 43.3 Å². The largest absolute Gasteiger partial charge is 0.480 e. The first-order valence-electron chi connectivity index (χ1n) is 11.0. The monoisotopic (exact) mass is 438 g/mol. The van der Waals surface area contributed by atoms with Crippen molar-refractivity contribution >= 4 is 18.0 Å². The molecular weight excluding hydrogens is 408 g/mol. The number of carbonyl (C=O) groups excluding carboxylic acids is 2. The molecule has 7 heteroatoms. The SMILES string of the molecule is CCCC(NC(=O)C(NC(=O)OCC1c2ccccc2-c2ccccc21)C(C)C)C(=O)O. The molecule has 0 aromatic heterocycles. The van der Waals surface area contributed by atoms with E-state index in [9.17, 15) is 19.5 Å². The fourth-order valence-corrected chi connectivity index (χ4v) is 4.11. The van der Waals surface area contributed by atoms with Gasteiger partial charge < -0.3 is 20.5 Å². The Balaban J connectivity index is 1.65. The van der Waals surface area contributed by atoms with E-state index in [4.69, 9.17) is 4.74 Å². The van der Waals surface area contributed by atoms with Crippen molar-refractivity contribution < 1.29 is 24.2 Å². The number of rotatable bonds is 9. The molecule has 2 aromatic rings. The third-order valence-corrected chi connectivity index (χ3v) is 5.76. The summed E-state index contributed by atoms with van der Waals surface area (Å²) < 4.78 is 5.52. The lowest BCUT2D eigenvalue weighted by Gasteiger charge is -2.24. The number of amides is 2. The Labute approximate surface area is 188 Å². The molecule has 0 saturated heterocycles. The van der Waals surface area contributed by atoms with E-state index in [2.05, 4.69) is 22.8 Å². The van der Waals surface area contributed by atoms with Gasteiger partial charge in [0.1, 0.15) is 18.7 Å². The van der Waals surface area contributed by atoms with Crippen molar-refractivity contribution in [2.24, 2.45) is 5.92 Å². The van der Waals surface area contributed by atoms with Crippen molar-refractivity contribution in [3.63, 3.8) is 0 Å². The number of alkyl carbamates (subject to hydrolysis) is 1. The summed E-state index contributed by atoms with van der Waals surface area (Å²) in [7, 11) is 0. The Kier molecular flexibility index (Phi) is 7.51. The van der Waals surface area contributed by atoms with Crippen molar-refractivity contribution in [3.8, 4) is 11.1 Å². The summed E-state index contributed by atoms with van der Waals surface area (Å²) in [6, 6.07) is 14.2. The minimum atomic E-state index is -1.09. The van der Waals surface area contributed by atoms with E-state index >= 15 is 0 Å². The van der Waals surface area contributed by atoms with Gasteiger partial charge in [-0.2, -0.15) is 0 Å². The molecule has 3 N–H and O–H groups in total. The smallest absolute Gasteiger partial charge is 0.407 e. The quantitative estimate of drug-likeness (QED) is 0.550. The van der Waals surface area contributed by atoms with Crippen LogP contribution in [0.1, 0.15) is 50.7 Å². The molecule has 0 bridgehead atoms. The molecule has 7 nitrogen and oxygen atoms in total. The minimum Gasteiger partial charge on any atom is -0.480 e. The highest BCUT2D eigenvalue weighted by Crippen LogP contribution is 2.44. The van der Waals surface area contributed by atoms with Crippen LogP contribution in [0.5, 0.6) is 0 Å². The van der Waals surface area contributed by atoms with Gasteiger partial charge in [-0.15, -0.1) is 0 Å². The van der Waals surface area contributed by atoms with Crippen LogP contribution >= 0.6 is 0 Å². The molecule has 0 heterocycles. The summed E-state index contributed by atoms with van der Waals surface area (Å²) >= 11 is 0. The zero-order valence-electron chi connectivity index (χ0n) is 18.6. The second kappa shape index (κ2) is 10.3. The first-order valence-corrected chi connectivity index (χ1v) is 11.0. The van der Waals surface area contributed by atoms with Crippen LogP contribution in [-0.2, 0) is 14.3 Å². The van der Waals surface area contributed by atoms with E-state index in [0.29, 0.717) is 12.8 Å². The van der Waals surface area contributed by atoms with Gasteiger partial charge >= 0.3 is 12.1 Å². The predicted molar refractivity (Wildman–Crippen MR) is 121 cm³/mol. The topological polar surface area (TPSA) is 105 Å². The summed E-state index contributed by atoms with van der Waals surface area (Å²) in [4.78, 5) is 36.6. The minimum absolute atomic E-state index is 0.0829. The van der Waals surface area contributed by atoms with Gasteiger partial charge in [-0.3, -0.25) is 4.79 Å². The Hall–Kier alpha value is -3.35. The van der Waals surface area contributed by atoms with Crippen LogP contribution in [0.2, 0.25) is 0 Å². The predicted octanol–water partition coefficient (Wildman–Crippen LogP) is 3.92. The first-order chi connectivity index (χ1) is 15.3. The van der Waals surface area contributed by atoms with E-state index in [-0.39, 0.29) is 18.4 Å². The number of carboxylic acids is 1. The molecule has 2 unspecified atom stereocenters. The van der Waals surface area contributed by atoms with E-state index in [1.54, 1.807) is 13.8 Å². The van der Waals surface area contributed by atoms with E-state index in [1.165, 1.54) is 0 Å². The van der Waals surface area contributed by atoms with Crippen LogP contribution in [0.3, 0.4) is 0 Å². The van der Waals surface area contributed by atoms with Crippen LogP contribution in [0, 0.1) is 5.92 Å². The first kappa shape index (κ1) is 23.3. The van der Waals surface area contributed by atoms with Gasteiger partial charge in [0.15, 0.2) is 0 Å². The standard InChI is InChI=1S/C25H30N2O5/c1-4-9-21(24(29)30)26-23(28)22(15(2)3)27-25(31)32-14-20-18-12-7-5-10-16(18)17-11-6-8-13-19(17)20/h5-8,10-13,15,20-22H,4,9,14H2,1-3H3,(H,26,28)(H,27,31)(H,29,30). The number of aliphatic carboxylic acids is 1. The van der Waals surface area contributed by atoms with Gasteiger partial charge in [-0.05, 0) is 34.6 Å². The van der Waals surface area contributed by atoms with Crippen molar-refractivity contribution in [3.05, 3.63) is 59.7 Å². The number of carbonyl (C=O) groups is 3. The molecule has 3 rings (SSSR count). The van der Waals surface area contributed by atoms with E-state index < -0.39 is 30.1 Å².